The van der Waals surface area contributed by atoms with Gasteiger partial charge in [0.2, 0.25) is 5.91 Å². The molecule has 1 aromatic rings. The van der Waals surface area contributed by atoms with E-state index in [1.54, 1.807) is 7.11 Å². The summed E-state index contributed by atoms with van der Waals surface area (Å²) >= 11 is 0. The van der Waals surface area contributed by atoms with Gasteiger partial charge in [-0.1, -0.05) is 39.8 Å². The smallest absolute Gasteiger partial charge is 0.223 e. The van der Waals surface area contributed by atoms with Crippen molar-refractivity contribution in [2.75, 3.05) is 33.5 Å². The van der Waals surface area contributed by atoms with E-state index in [2.05, 4.69) is 44.3 Å². The fraction of sp³-hybridized carbons (Fsp3) is 0.767. The van der Waals surface area contributed by atoms with Gasteiger partial charge in [-0.25, -0.2) is 0 Å². The number of methoxy groups -OCH3 is 1. The molecule has 1 aromatic carbocycles. The molecular weight excluding hydrogens is 468 g/mol. The summed E-state index contributed by atoms with van der Waals surface area (Å²) in [5.41, 5.74) is 8.87. The molecule has 212 valence electrons. The Labute approximate surface area is 224 Å². The lowest BCUT2D eigenvalue weighted by Crippen LogP contribution is -2.43. The van der Waals surface area contributed by atoms with Gasteiger partial charge in [-0.15, -0.1) is 0 Å². The number of amides is 1. The number of nitrogens with two attached hydrogens (primary N) is 1. The van der Waals surface area contributed by atoms with Crippen molar-refractivity contribution < 1.29 is 24.1 Å². The number of carbonyl (C=O) groups excluding carboxylic acids is 1. The van der Waals surface area contributed by atoms with Crippen LogP contribution in [0, 0.1) is 30.6 Å². The highest BCUT2D eigenvalue weighted by Gasteiger charge is 2.30. The molecule has 0 bridgehead atoms. The van der Waals surface area contributed by atoms with Crippen LogP contribution in [0.4, 0.5) is 0 Å². The van der Waals surface area contributed by atoms with Crippen LogP contribution in [0.15, 0.2) is 18.2 Å². The normalized spacial score (nSPS) is 19.1. The number of aliphatic hydroxyl groups is 1. The summed E-state index contributed by atoms with van der Waals surface area (Å²) in [4.78, 5) is 12.9. The second-order valence-corrected chi connectivity index (χ2v) is 11.4. The molecule has 37 heavy (non-hydrogen) atoms. The Bertz CT molecular complexity index is 794. The van der Waals surface area contributed by atoms with Gasteiger partial charge in [0.15, 0.2) is 0 Å². The Kier molecular flexibility index (Phi) is 13.9. The summed E-state index contributed by atoms with van der Waals surface area (Å²) in [5.74, 6) is 1.43. The average Bonchev–Trinajstić information content (AvgIpc) is 3.38. The van der Waals surface area contributed by atoms with Crippen LogP contribution in [0.2, 0.25) is 0 Å². The summed E-state index contributed by atoms with van der Waals surface area (Å²) in [6.07, 6.45) is 4.18. The third-order valence-electron chi connectivity index (χ3n) is 7.68. The zero-order chi connectivity index (χ0) is 27.4. The molecule has 1 unspecified atom stereocenters. The van der Waals surface area contributed by atoms with Crippen molar-refractivity contribution in [1.82, 2.24) is 5.32 Å². The van der Waals surface area contributed by atoms with Gasteiger partial charge >= 0.3 is 0 Å². The molecule has 7 heteroatoms. The highest BCUT2D eigenvalue weighted by molar-refractivity contribution is 5.78. The lowest BCUT2D eigenvalue weighted by molar-refractivity contribution is -0.128. The number of carbonyl (C=O) groups is 1. The molecule has 0 saturated carbocycles. The topological polar surface area (TPSA) is 103 Å². The van der Waals surface area contributed by atoms with Gasteiger partial charge in [0.05, 0.1) is 18.8 Å². The van der Waals surface area contributed by atoms with Gasteiger partial charge in [-0.2, -0.15) is 0 Å². The maximum atomic E-state index is 12.9. The molecule has 1 saturated heterocycles. The van der Waals surface area contributed by atoms with Gasteiger partial charge < -0.3 is 30.4 Å². The zero-order valence-electron chi connectivity index (χ0n) is 24.0. The van der Waals surface area contributed by atoms with Crippen LogP contribution in [-0.4, -0.2) is 62.7 Å². The summed E-state index contributed by atoms with van der Waals surface area (Å²) in [6.45, 7) is 13.1. The first-order valence-electron chi connectivity index (χ1n) is 14.2. The minimum atomic E-state index is -0.736. The Morgan fingerprint density at radius 1 is 1.19 bits per heavy atom. The Hall–Kier alpha value is -1.67. The molecule has 1 aliphatic rings. The summed E-state index contributed by atoms with van der Waals surface area (Å²) in [6, 6.07) is 6.00. The van der Waals surface area contributed by atoms with Gasteiger partial charge in [-0.05, 0) is 74.0 Å². The van der Waals surface area contributed by atoms with Crippen molar-refractivity contribution >= 4 is 5.91 Å². The molecular formula is C30H52N2O5. The minimum absolute atomic E-state index is 0.0187. The number of aliphatic hydroxyl groups excluding tert-OH is 1. The van der Waals surface area contributed by atoms with Gasteiger partial charge in [0.25, 0.3) is 0 Å². The molecule has 0 radical (unpaired) electrons. The predicted molar refractivity (Wildman–Crippen MR) is 149 cm³/mol. The zero-order valence-corrected chi connectivity index (χ0v) is 24.0. The van der Waals surface area contributed by atoms with Gasteiger partial charge in [-0.3, -0.25) is 4.79 Å². The standard InChI is InChI=1S/C30H52N2O5/c1-20(2)24(15-23-11-10-22(5)29(16-23)37-14-8-12-35-6)17-27(31)28(33)18-26(21(3)4)30(34)32-19-25-9-7-13-36-25/h10-11,16,20-21,24-28,33H,7-9,12-15,17-19,31H2,1-6H3,(H,32,34)/t24-,25-,26?,27-,28-/m0/s1. The molecule has 1 heterocycles. The third-order valence-corrected chi connectivity index (χ3v) is 7.68. The summed E-state index contributed by atoms with van der Waals surface area (Å²) in [7, 11) is 1.70. The lowest BCUT2D eigenvalue weighted by Gasteiger charge is -2.30. The Morgan fingerprint density at radius 3 is 2.57 bits per heavy atom. The average molecular weight is 521 g/mol. The SMILES string of the molecule is COCCCOc1cc(C[C@@H](C[C@H](N)[C@@H](O)CC(C(=O)NC[C@@H]2CCCO2)C(C)C)C(C)C)ccc1C. The highest BCUT2D eigenvalue weighted by atomic mass is 16.5. The Balaban J connectivity index is 1.94. The van der Waals surface area contributed by atoms with Crippen LogP contribution < -0.4 is 15.8 Å². The molecule has 5 atom stereocenters. The van der Waals surface area contributed by atoms with E-state index in [1.165, 1.54) is 5.56 Å². The molecule has 4 N–H and O–H groups in total. The van der Waals surface area contributed by atoms with E-state index >= 15 is 0 Å². The van der Waals surface area contributed by atoms with E-state index in [0.717, 1.165) is 43.6 Å². The number of rotatable bonds is 17. The summed E-state index contributed by atoms with van der Waals surface area (Å²) < 4.78 is 16.7. The second-order valence-electron chi connectivity index (χ2n) is 11.4. The molecule has 1 fully saturated rings. The largest absolute Gasteiger partial charge is 0.493 e. The van der Waals surface area contributed by atoms with Crippen LogP contribution in [0.25, 0.3) is 0 Å². The first-order chi connectivity index (χ1) is 17.6. The highest BCUT2D eigenvalue weighted by Crippen LogP contribution is 2.28. The fourth-order valence-corrected chi connectivity index (χ4v) is 4.98. The van der Waals surface area contributed by atoms with E-state index in [1.807, 2.05) is 13.8 Å². The molecule has 1 aliphatic heterocycles. The maximum absolute atomic E-state index is 12.9. The summed E-state index contributed by atoms with van der Waals surface area (Å²) in [5, 5.41) is 14.1. The van der Waals surface area contributed by atoms with Gasteiger partial charge in [0, 0.05) is 45.2 Å². The van der Waals surface area contributed by atoms with E-state index in [-0.39, 0.29) is 23.8 Å². The van der Waals surface area contributed by atoms with Crippen molar-refractivity contribution in [2.24, 2.45) is 29.4 Å². The van der Waals surface area contributed by atoms with Crippen LogP contribution in [0.5, 0.6) is 5.75 Å². The monoisotopic (exact) mass is 520 g/mol. The Morgan fingerprint density at radius 2 is 1.95 bits per heavy atom. The van der Waals surface area contributed by atoms with E-state index in [0.29, 0.717) is 44.4 Å². The quantitative estimate of drug-likeness (QED) is 0.265. The molecule has 2 rings (SSSR count). The van der Waals surface area contributed by atoms with Crippen molar-refractivity contribution in [3.05, 3.63) is 29.3 Å². The third kappa shape index (κ3) is 10.9. The number of benzene rings is 1. The molecule has 0 spiro atoms. The minimum Gasteiger partial charge on any atom is -0.493 e. The predicted octanol–water partition coefficient (Wildman–Crippen LogP) is 4.26. The van der Waals surface area contributed by atoms with E-state index in [4.69, 9.17) is 19.9 Å². The van der Waals surface area contributed by atoms with Gasteiger partial charge in [0.1, 0.15) is 5.75 Å². The number of hydrogen-bond donors (Lipinski definition) is 3. The van der Waals surface area contributed by atoms with E-state index in [9.17, 15) is 9.90 Å². The first kappa shape index (κ1) is 31.5. The van der Waals surface area contributed by atoms with Crippen molar-refractivity contribution in [3.8, 4) is 5.75 Å². The van der Waals surface area contributed by atoms with Crippen LogP contribution in [-0.2, 0) is 20.7 Å². The van der Waals surface area contributed by atoms with Crippen molar-refractivity contribution in [3.63, 3.8) is 0 Å². The number of hydrogen-bond acceptors (Lipinski definition) is 6. The van der Waals surface area contributed by atoms with Crippen LogP contribution in [0.1, 0.15) is 70.9 Å². The fourth-order valence-electron chi connectivity index (χ4n) is 4.98. The molecule has 1 amide bonds. The number of aryl methyl sites for hydroxylation is 1. The number of ether oxygens (including phenoxy) is 3. The maximum Gasteiger partial charge on any atom is 0.223 e. The molecule has 0 aliphatic carbocycles. The van der Waals surface area contributed by atoms with Crippen molar-refractivity contribution in [1.29, 1.82) is 0 Å². The molecule has 0 aromatic heterocycles. The van der Waals surface area contributed by atoms with E-state index < -0.39 is 12.1 Å². The van der Waals surface area contributed by atoms with Crippen molar-refractivity contribution in [2.45, 2.75) is 91.4 Å². The van der Waals surface area contributed by atoms with Crippen LogP contribution in [0.3, 0.4) is 0 Å². The lowest BCUT2D eigenvalue weighted by atomic mass is 9.80. The second kappa shape index (κ2) is 16.3. The first-order valence-corrected chi connectivity index (χ1v) is 14.2. The number of nitrogens with one attached hydrogen (secondary N) is 1. The van der Waals surface area contributed by atoms with Crippen LogP contribution >= 0.6 is 0 Å². The molecule has 7 nitrogen and oxygen atoms in total.